The van der Waals surface area contributed by atoms with Crippen molar-refractivity contribution in [2.24, 2.45) is 0 Å². The van der Waals surface area contributed by atoms with Crippen LogP contribution in [-0.4, -0.2) is 37.0 Å². The van der Waals surface area contributed by atoms with Gasteiger partial charge in [0, 0.05) is 12.6 Å². The molecule has 3 heteroatoms. The molecule has 0 unspecified atom stereocenters. The van der Waals surface area contributed by atoms with Crippen LogP contribution in [-0.2, 0) is 4.79 Å². The number of carbonyl (C=O) groups excluding carboxylic acids is 1. The number of hydrogen-bond acceptors (Lipinski definition) is 2. The minimum atomic E-state index is 0.0642. The second-order valence-electron chi connectivity index (χ2n) is 3.21. The van der Waals surface area contributed by atoms with Gasteiger partial charge >= 0.3 is 0 Å². The Balaban J connectivity index is 3.61. The maximum absolute atomic E-state index is 11.2. The zero-order valence-corrected chi connectivity index (χ0v) is 8.13. The average molecular weight is 170 g/mol. The second kappa shape index (κ2) is 5.77. The van der Waals surface area contributed by atoms with Crippen LogP contribution in [0, 0.1) is 0 Å². The highest BCUT2D eigenvalue weighted by Gasteiger charge is 2.05. The van der Waals surface area contributed by atoms with Crippen LogP contribution in [0.4, 0.5) is 0 Å². The normalized spacial score (nSPS) is 10.4. The molecule has 70 valence electrons. The lowest BCUT2D eigenvalue weighted by molar-refractivity contribution is -0.122. The van der Waals surface area contributed by atoms with Crippen LogP contribution < -0.4 is 5.32 Å². The molecule has 1 N–H and O–H groups in total. The van der Waals surface area contributed by atoms with Crippen molar-refractivity contribution in [3.63, 3.8) is 0 Å². The van der Waals surface area contributed by atoms with Gasteiger partial charge in [-0.1, -0.05) is 6.08 Å². The van der Waals surface area contributed by atoms with Crippen molar-refractivity contribution in [3.05, 3.63) is 12.7 Å². The Morgan fingerprint density at radius 1 is 1.67 bits per heavy atom. The highest BCUT2D eigenvalue weighted by molar-refractivity contribution is 5.78. The summed E-state index contributed by atoms with van der Waals surface area (Å²) in [6, 6.07) is 0.217. The summed E-state index contributed by atoms with van der Waals surface area (Å²) in [5, 5.41) is 2.82. The molecular formula is C9H18N2O. The molecule has 1 amide bonds. The number of carbonyl (C=O) groups is 1. The van der Waals surface area contributed by atoms with Crippen molar-refractivity contribution in [2.45, 2.75) is 19.9 Å². The number of nitrogens with zero attached hydrogens (tertiary/aromatic N) is 1. The molecular weight excluding hydrogens is 152 g/mol. The molecule has 0 atom stereocenters. The van der Waals surface area contributed by atoms with Crippen molar-refractivity contribution in [1.82, 2.24) is 10.2 Å². The first-order chi connectivity index (χ1) is 5.56. The highest BCUT2D eigenvalue weighted by atomic mass is 16.2. The fourth-order valence-corrected chi connectivity index (χ4v) is 0.898. The molecule has 0 radical (unpaired) electrons. The molecule has 0 aromatic carbocycles. The Kier molecular flexibility index (Phi) is 5.37. The van der Waals surface area contributed by atoms with E-state index in [4.69, 9.17) is 0 Å². The lowest BCUT2D eigenvalue weighted by Crippen LogP contribution is -2.38. The maximum Gasteiger partial charge on any atom is 0.234 e. The molecule has 3 nitrogen and oxygen atoms in total. The van der Waals surface area contributed by atoms with E-state index in [0.29, 0.717) is 6.54 Å². The van der Waals surface area contributed by atoms with E-state index in [1.54, 1.807) is 6.08 Å². The lowest BCUT2D eigenvalue weighted by atomic mass is 10.4. The zero-order chi connectivity index (χ0) is 9.56. The Morgan fingerprint density at radius 2 is 2.25 bits per heavy atom. The van der Waals surface area contributed by atoms with Crippen molar-refractivity contribution in [1.29, 1.82) is 0 Å². The SMILES string of the molecule is C=CCN(C)CC(=O)NC(C)C. The largest absolute Gasteiger partial charge is 0.353 e. The van der Waals surface area contributed by atoms with Crippen LogP contribution in [0.5, 0.6) is 0 Å². The van der Waals surface area contributed by atoms with Gasteiger partial charge in [0.05, 0.1) is 6.54 Å². The maximum atomic E-state index is 11.2. The Labute approximate surface area is 74.4 Å². The number of rotatable bonds is 5. The van der Waals surface area contributed by atoms with Gasteiger partial charge in [0.25, 0.3) is 0 Å². The molecule has 0 aromatic rings. The van der Waals surface area contributed by atoms with Gasteiger partial charge in [0.15, 0.2) is 0 Å². The summed E-state index contributed by atoms with van der Waals surface area (Å²) in [4.78, 5) is 13.1. The van der Waals surface area contributed by atoms with Gasteiger partial charge < -0.3 is 5.32 Å². The van der Waals surface area contributed by atoms with Crippen molar-refractivity contribution in [2.75, 3.05) is 20.1 Å². The van der Waals surface area contributed by atoms with E-state index >= 15 is 0 Å². The summed E-state index contributed by atoms with van der Waals surface area (Å²) in [5.41, 5.74) is 0. The van der Waals surface area contributed by atoms with Gasteiger partial charge in [-0.15, -0.1) is 6.58 Å². The van der Waals surface area contributed by atoms with Crippen LogP contribution in [0.1, 0.15) is 13.8 Å². The molecule has 0 rings (SSSR count). The number of amides is 1. The summed E-state index contributed by atoms with van der Waals surface area (Å²) in [7, 11) is 1.89. The number of likely N-dealkylation sites (N-methyl/N-ethyl adjacent to an activating group) is 1. The van der Waals surface area contributed by atoms with E-state index in [1.807, 2.05) is 25.8 Å². The van der Waals surface area contributed by atoms with E-state index in [-0.39, 0.29) is 11.9 Å². The second-order valence-corrected chi connectivity index (χ2v) is 3.21. The molecule has 0 aromatic heterocycles. The van der Waals surface area contributed by atoms with Gasteiger partial charge in [0.1, 0.15) is 0 Å². The Morgan fingerprint density at radius 3 is 2.67 bits per heavy atom. The molecule has 0 fully saturated rings. The molecule has 0 aliphatic rings. The smallest absolute Gasteiger partial charge is 0.234 e. The molecule has 0 aliphatic heterocycles. The summed E-state index contributed by atoms with van der Waals surface area (Å²) in [5.74, 6) is 0.0642. The monoisotopic (exact) mass is 170 g/mol. The van der Waals surface area contributed by atoms with Gasteiger partial charge in [-0.25, -0.2) is 0 Å². The fraction of sp³-hybridized carbons (Fsp3) is 0.667. The molecule has 12 heavy (non-hydrogen) atoms. The predicted octanol–water partition coefficient (Wildman–Crippen LogP) is 0.629. The van der Waals surface area contributed by atoms with Gasteiger partial charge in [-0.2, -0.15) is 0 Å². The van der Waals surface area contributed by atoms with Crippen LogP contribution in [0.15, 0.2) is 12.7 Å². The van der Waals surface area contributed by atoms with Gasteiger partial charge in [-0.05, 0) is 20.9 Å². The minimum absolute atomic E-state index is 0.0642. The molecule has 0 spiro atoms. The first-order valence-electron chi connectivity index (χ1n) is 4.15. The predicted molar refractivity (Wildman–Crippen MR) is 51.0 cm³/mol. The quantitative estimate of drug-likeness (QED) is 0.614. The minimum Gasteiger partial charge on any atom is -0.353 e. The molecule has 0 aliphatic carbocycles. The van der Waals surface area contributed by atoms with Crippen molar-refractivity contribution >= 4 is 5.91 Å². The standard InChI is InChI=1S/C9H18N2O/c1-5-6-11(4)7-9(12)10-8(2)3/h5,8H,1,6-7H2,2-4H3,(H,10,12). The Hall–Kier alpha value is -0.830. The van der Waals surface area contributed by atoms with Crippen molar-refractivity contribution in [3.8, 4) is 0 Å². The first-order valence-corrected chi connectivity index (χ1v) is 4.15. The molecule has 0 bridgehead atoms. The lowest BCUT2D eigenvalue weighted by Gasteiger charge is -2.15. The molecule has 0 saturated carbocycles. The highest BCUT2D eigenvalue weighted by Crippen LogP contribution is 1.83. The van der Waals surface area contributed by atoms with Gasteiger partial charge in [0.2, 0.25) is 5.91 Å². The number of nitrogens with one attached hydrogen (secondary N) is 1. The van der Waals surface area contributed by atoms with Crippen LogP contribution in [0.25, 0.3) is 0 Å². The van der Waals surface area contributed by atoms with Crippen LogP contribution >= 0.6 is 0 Å². The summed E-state index contributed by atoms with van der Waals surface area (Å²) in [6.45, 7) is 8.67. The summed E-state index contributed by atoms with van der Waals surface area (Å²) >= 11 is 0. The Bertz CT molecular complexity index is 155. The third kappa shape index (κ3) is 5.92. The van der Waals surface area contributed by atoms with E-state index in [1.165, 1.54) is 0 Å². The zero-order valence-electron chi connectivity index (χ0n) is 8.13. The van der Waals surface area contributed by atoms with E-state index < -0.39 is 0 Å². The van der Waals surface area contributed by atoms with Crippen LogP contribution in [0.3, 0.4) is 0 Å². The first kappa shape index (κ1) is 11.2. The third-order valence-electron chi connectivity index (χ3n) is 1.30. The van der Waals surface area contributed by atoms with E-state index in [0.717, 1.165) is 6.54 Å². The van der Waals surface area contributed by atoms with Crippen molar-refractivity contribution < 1.29 is 4.79 Å². The topological polar surface area (TPSA) is 32.3 Å². The fourth-order valence-electron chi connectivity index (χ4n) is 0.898. The van der Waals surface area contributed by atoms with E-state index in [2.05, 4.69) is 11.9 Å². The third-order valence-corrected chi connectivity index (χ3v) is 1.30. The number of hydrogen-bond donors (Lipinski definition) is 1. The summed E-state index contributed by atoms with van der Waals surface area (Å²) < 4.78 is 0. The van der Waals surface area contributed by atoms with E-state index in [9.17, 15) is 4.79 Å². The van der Waals surface area contributed by atoms with Crippen LogP contribution in [0.2, 0.25) is 0 Å². The van der Waals surface area contributed by atoms with Gasteiger partial charge in [-0.3, -0.25) is 9.69 Å². The summed E-state index contributed by atoms with van der Waals surface area (Å²) in [6.07, 6.45) is 1.78. The molecule has 0 heterocycles. The average Bonchev–Trinajstić information content (AvgIpc) is 1.84. The molecule has 0 saturated heterocycles.